The first kappa shape index (κ1) is 20.7. The Morgan fingerprint density at radius 1 is 0.900 bits per heavy atom. The lowest BCUT2D eigenvalue weighted by molar-refractivity contribution is -0.118. The minimum Gasteiger partial charge on any atom is -0.495 e. The quantitative estimate of drug-likeness (QED) is 0.591. The van der Waals surface area contributed by atoms with Crippen molar-refractivity contribution in [1.29, 1.82) is 0 Å². The maximum atomic E-state index is 12.2. The van der Waals surface area contributed by atoms with Crippen LogP contribution in [0, 0.1) is 6.92 Å². The molecule has 0 atom stereocenters. The number of nitrogens with two attached hydrogens (primary N) is 1. The normalized spacial score (nSPS) is 10.2. The van der Waals surface area contributed by atoms with Gasteiger partial charge in [-0.25, -0.2) is 0 Å². The van der Waals surface area contributed by atoms with Crippen molar-refractivity contribution in [3.63, 3.8) is 0 Å². The van der Waals surface area contributed by atoms with Crippen molar-refractivity contribution in [1.82, 2.24) is 0 Å². The Morgan fingerprint density at radius 2 is 1.50 bits per heavy atom. The fourth-order valence-electron chi connectivity index (χ4n) is 2.64. The van der Waals surface area contributed by atoms with Gasteiger partial charge in [-0.2, -0.15) is 0 Å². The molecule has 154 valence electrons. The first-order chi connectivity index (χ1) is 14.4. The van der Waals surface area contributed by atoms with E-state index in [1.54, 1.807) is 30.3 Å². The van der Waals surface area contributed by atoms with Gasteiger partial charge in [0.1, 0.15) is 23.0 Å². The lowest BCUT2D eigenvalue weighted by atomic mass is 10.1. The molecule has 0 aliphatic rings. The molecule has 0 heterocycles. The van der Waals surface area contributed by atoms with E-state index in [-0.39, 0.29) is 12.2 Å². The molecular weight excluding hydrogens is 384 g/mol. The third-order valence-electron chi connectivity index (χ3n) is 4.21. The number of aryl methyl sites for hydroxylation is 1. The number of anilines is 1. The van der Waals surface area contributed by atoms with Gasteiger partial charge in [0.05, 0.1) is 12.8 Å². The highest BCUT2D eigenvalue weighted by molar-refractivity contribution is 5.98. The first-order valence-corrected chi connectivity index (χ1v) is 9.19. The molecule has 0 aromatic heterocycles. The summed E-state index contributed by atoms with van der Waals surface area (Å²) in [6.07, 6.45) is 0. The lowest BCUT2D eigenvalue weighted by Gasteiger charge is -2.12. The molecule has 7 heteroatoms. The number of hydrogen-bond donors (Lipinski definition) is 2. The molecule has 30 heavy (non-hydrogen) atoms. The van der Waals surface area contributed by atoms with E-state index in [2.05, 4.69) is 5.32 Å². The number of benzene rings is 3. The minimum atomic E-state index is -0.600. The van der Waals surface area contributed by atoms with Crippen LogP contribution in [0.1, 0.15) is 15.9 Å². The standard InChI is InChI=1S/C23H22N2O5/c1-15-3-6-18(7-4-15)30-19-10-8-17(9-11-19)29-14-22(26)25-20-13-16(23(24)27)5-12-21(20)28-2/h3-13H,14H2,1-2H3,(H2,24,27)(H,25,26). The van der Waals surface area contributed by atoms with Gasteiger partial charge in [-0.3, -0.25) is 9.59 Å². The molecule has 0 aliphatic heterocycles. The van der Waals surface area contributed by atoms with Crippen molar-refractivity contribution in [2.24, 2.45) is 5.73 Å². The highest BCUT2D eigenvalue weighted by atomic mass is 16.5. The molecule has 0 saturated carbocycles. The average molecular weight is 406 g/mol. The van der Waals surface area contributed by atoms with Crippen LogP contribution < -0.4 is 25.3 Å². The van der Waals surface area contributed by atoms with Gasteiger partial charge in [-0.05, 0) is 61.5 Å². The number of nitrogens with one attached hydrogen (secondary N) is 1. The Bertz CT molecular complexity index is 1030. The molecule has 3 N–H and O–H groups in total. The summed E-state index contributed by atoms with van der Waals surface area (Å²) < 4.78 is 16.5. The van der Waals surface area contributed by atoms with Crippen LogP contribution >= 0.6 is 0 Å². The molecule has 0 radical (unpaired) electrons. The minimum absolute atomic E-state index is 0.220. The highest BCUT2D eigenvalue weighted by Crippen LogP contribution is 2.26. The third-order valence-corrected chi connectivity index (χ3v) is 4.21. The molecule has 0 unspecified atom stereocenters. The van der Waals surface area contributed by atoms with Crippen LogP contribution in [0.4, 0.5) is 5.69 Å². The zero-order valence-electron chi connectivity index (χ0n) is 16.7. The molecule has 0 saturated heterocycles. The van der Waals surface area contributed by atoms with Crippen molar-refractivity contribution in [2.45, 2.75) is 6.92 Å². The monoisotopic (exact) mass is 406 g/mol. The van der Waals surface area contributed by atoms with Gasteiger partial charge in [-0.1, -0.05) is 17.7 Å². The first-order valence-electron chi connectivity index (χ1n) is 9.19. The SMILES string of the molecule is COc1ccc(C(N)=O)cc1NC(=O)COc1ccc(Oc2ccc(C)cc2)cc1. The summed E-state index contributed by atoms with van der Waals surface area (Å²) in [4.78, 5) is 23.6. The molecule has 0 fully saturated rings. The van der Waals surface area contributed by atoms with E-state index < -0.39 is 11.8 Å². The van der Waals surface area contributed by atoms with Gasteiger partial charge in [-0.15, -0.1) is 0 Å². The number of carbonyl (C=O) groups is 2. The topological polar surface area (TPSA) is 99.9 Å². The van der Waals surface area contributed by atoms with E-state index in [4.69, 9.17) is 19.9 Å². The summed E-state index contributed by atoms with van der Waals surface area (Å²) >= 11 is 0. The number of methoxy groups -OCH3 is 1. The van der Waals surface area contributed by atoms with Crippen molar-refractivity contribution >= 4 is 17.5 Å². The van der Waals surface area contributed by atoms with Crippen LogP contribution in [0.25, 0.3) is 0 Å². The number of hydrogen-bond acceptors (Lipinski definition) is 5. The zero-order chi connectivity index (χ0) is 21.5. The van der Waals surface area contributed by atoms with E-state index in [9.17, 15) is 9.59 Å². The Morgan fingerprint density at radius 3 is 2.10 bits per heavy atom. The molecule has 7 nitrogen and oxygen atoms in total. The van der Waals surface area contributed by atoms with Crippen molar-refractivity contribution in [3.05, 3.63) is 77.9 Å². The van der Waals surface area contributed by atoms with Crippen molar-refractivity contribution in [2.75, 3.05) is 19.0 Å². The van der Waals surface area contributed by atoms with Crippen molar-refractivity contribution < 1.29 is 23.8 Å². The fourth-order valence-corrected chi connectivity index (χ4v) is 2.64. The molecule has 0 aliphatic carbocycles. The third kappa shape index (κ3) is 5.51. The second-order valence-corrected chi connectivity index (χ2v) is 6.50. The number of rotatable bonds is 8. The molecular formula is C23H22N2O5. The van der Waals surface area contributed by atoms with Gasteiger partial charge >= 0.3 is 0 Å². The predicted octanol–water partition coefficient (Wildman–Crippen LogP) is 3.91. The van der Waals surface area contributed by atoms with E-state index in [1.165, 1.54) is 19.2 Å². The Hall–Kier alpha value is -4.00. The maximum absolute atomic E-state index is 12.2. The number of amides is 2. The molecule has 2 amide bonds. The predicted molar refractivity (Wildman–Crippen MR) is 113 cm³/mol. The van der Waals surface area contributed by atoms with Gasteiger partial charge in [0, 0.05) is 5.56 Å². The number of carbonyl (C=O) groups excluding carboxylic acids is 2. The second-order valence-electron chi connectivity index (χ2n) is 6.50. The molecule has 3 aromatic carbocycles. The highest BCUT2D eigenvalue weighted by Gasteiger charge is 2.11. The fraction of sp³-hybridized carbons (Fsp3) is 0.130. The second kappa shape index (κ2) is 9.47. The Balaban J connectivity index is 1.56. The summed E-state index contributed by atoms with van der Waals surface area (Å²) in [7, 11) is 1.46. The lowest BCUT2D eigenvalue weighted by Crippen LogP contribution is -2.21. The summed E-state index contributed by atoms with van der Waals surface area (Å²) in [6, 6.07) is 19.2. The van der Waals surface area contributed by atoms with Gasteiger partial charge in [0.15, 0.2) is 6.61 Å². The Labute approximate surface area is 174 Å². The van der Waals surface area contributed by atoms with E-state index in [0.717, 1.165) is 11.3 Å². The van der Waals surface area contributed by atoms with Gasteiger partial charge in [0.2, 0.25) is 5.91 Å². The van der Waals surface area contributed by atoms with E-state index in [0.29, 0.717) is 22.9 Å². The summed E-state index contributed by atoms with van der Waals surface area (Å²) in [5.41, 5.74) is 7.03. The average Bonchev–Trinajstić information content (AvgIpc) is 2.75. The van der Waals surface area contributed by atoms with Crippen LogP contribution in [0.2, 0.25) is 0 Å². The van der Waals surface area contributed by atoms with Crippen LogP contribution in [0.3, 0.4) is 0 Å². The van der Waals surface area contributed by atoms with E-state index in [1.807, 2.05) is 31.2 Å². The Kier molecular flexibility index (Phi) is 6.54. The van der Waals surface area contributed by atoms with Crippen molar-refractivity contribution in [3.8, 4) is 23.0 Å². The molecule has 3 aromatic rings. The van der Waals surface area contributed by atoms with Crippen LogP contribution in [-0.4, -0.2) is 25.5 Å². The molecule has 3 rings (SSSR count). The smallest absolute Gasteiger partial charge is 0.262 e. The zero-order valence-corrected chi connectivity index (χ0v) is 16.7. The van der Waals surface area contributed by atoms with E-state index >= 15 is 0 Å². The summed E-state index contributed by atoms with van der Waals surface area (Å²) in [5, 5.41) is 2.65. The number of primary amides is 1. The molecule has 0 spiro atoms. The summed E-state index contributed by atoms with van der Waals surface area (Å²) in [6.45, 7) is 1.79. The van der Waals surface area contributed by atoms with Crippen LogP contribution in [0.5, 0.6) is 23.0 Å². The van der Waals surface area contributed by atoms with Gasteiger partial charge < -0.3 is 25.3 Å². The molecule has 0 bridgehead atoms. The maximum Gasteiger partial charge on any atom is 0.262 e. The van der Waals surface area contributed by atoms with Crippen LogP contribution in [-0.2, 0) is 4.79 Å². The largest absolute Gasteiger partial charge is 0.495 e. The van der Waals surface area contributed by atoms with Crippen LogP contribution in [0.15, 0.2) is 66.7 Å². The summed E-state index contributed by atoms with van der Waals surface area (Å²) in [5.74, 6) is 1.31. The number of ether oxygens (including phenoxy) is 3. The van der Waals surface area contributed by atoms with Gasteiger partial charge in [0.25, 0.3) is 5.91 Å².